The van der Waals surface area contributed by atoms with Crippen molar-refractivity contribution in [1.82, 2.24) is 0 Å². The summed E-state index contributed by atoms with van der Waals surface area (Å²) in [5.74, 6) is -0.487. The number of nitrogens with two attached hydrogens (primary N) is 1. The second-order valence-electron chi connectivity index (χ2n) is 4.06. The van der Waals surface area contributed by atoms with E-state index in [0.29, 0.717) is 5.56 Å². The number of nitrogens with zero attached hydrogens (tertiary/aromatic N) is 1. The van der Waals surface area contributed by atoms with Gasteiger partial charge in [-0.15, -0.1) is 0 Å². The van der Waals surface area contributed by atoms with E-state index in [-0.39, 0.29) is 22.0 Å². The Labute approximate surface area is 116 Å². The third kappa shape index (κ3) is 3.00. The molecule has 5 nitrogen and oxygen atoms in total. The molecule has 0 spiro atoms. The lowest BCUT2D eigenvalue weighted by atomic mass is 10.2. The molecule has 2 aromatic carbocycles. The molecule has 1 atom stereocenters. The van der Waals surface area contributed by atoms with Crippen LogP contribution in [0.25, 0.3) is 0 Å². The maximum absolute atomic E-state index is 12.9. The topological polar surface area (TPSA) is 86.2 Å². The van der Waals surface area contributed by atoms with Crippen LogP contribution in [-0.4, -0.2) is 9.13 Å². The number of nitro benzene ring substituents is 1. The molecular weight excluding hydrogens is 283 g/mol. The van der Waals surface area contributed by atoms with Crippen molar-refractivity contribution >= 4 is 22.2 Å². The standard InChI is InChI=1S/C13H11FN2O3S/c14-10-6-5-9(11(15)7-10)8-20(19)13-4-2-1-3-12(13)16(17)18/h1-7H,8,15H2. The van der Waals surface area contributed by atoms with Crippen LogP contribution in [0.15, 0.2) is 47.4 Å². The van der Waals surface area contributed by atoms with Crippen molar-refractivity contribution in [2.24, 2.45) is 0 Å². The Hall–Kier alpha value is -2.28. The smallest absolute Gasteiger partial charge is 0.285 e. The minimum atomic E-state index is -1.63. The van der Waals surface area contributed by atoms with Crippen molar-refractivity contribution in [2.75, 3.05) is 5.73 Å². The number of anilines is 1. The highest BCUT2D eigenvalue weighted by molar-refractivity contribution is 7.84. The fourth-order valence-electron chi connectivity index (χ4n) is 1.72. The lowest BCUT2D eigenvalue weighted by molar-refractivity contribution is -0.387. The lowest BCUT2D eigenvalue weighted by Crippen LogP contribution is -2.03. The molecule has 0 aliphatic rings. The van der Waals surface area contributed by atoms with Crippen LogP contribution in [0.2, 0.25) is 0 Å². The van der Waals surface area contributed by atoms with E-state index in [1.165, 1.54) is 30.3 Å². The van der Waals surface area contributed by atoms with Gasteiger partial charge in [-0.3, -0.25) is 14.3 Å². The third-order valence-electron chi connectivity index (χ3n) is 2.70. The highest BCUT2D eigenvalue weighted by Gasteiger charge is 2.18. The van der Waals surface area contributed by atoms with Gasteiger partial charge >= 0.3 is 0 Å². The summed E-state index contributed by atoms with van der Waals surface area (Å²) in [7, 11) is -1.63. The molecule has 0 saturated heterocycles. The van der Waals surface area contributed by atoms with Crippen LogP contribution < -0.4 is 5.73 Å². The Bertz CT molecular complexity index is 691. The highest BCUT2D eigenvalue weighted by atomic mass is 32.2. The van der Waals surface area contributed by atoms with E-state index in [1.807, 2.05) is 0 Å². The Morgan fingerprint density at radius 3 is 2.60 bits per heavy atom. The second kappa shape index (κ2) is 5.79. The second-order valence-corrected chi connectivity index (χ2v) is 5.48. The average molecular weight is 294 g/mol. The molecule has 0 heterocycles. The fourth-order valence-corrected chi connectivity index (χ4v) is 3.02. The van der Waals surface area contributed by atoms with Gasteiger partial charge < -0.3 is 5.73 Å². The molecule has 2 aromatic rings. The molecule has 0 radical (unpaired) electrons. The Kier molecular flexibility index (Phi) is 4.09. The number of hydrogen-bond donors (Lipinski definition) is 1. The first kappa shape index (κ1) is 14.1. The van der Waals surface area contributed by atoms with E-state index in [0.717, 1.165) is 6.07 Å². The Balaban J connectivity index is 2.31. The number of rotatable bonds is 4. The van der Waals surface area contributed by atoms with Crippen LogP contribution in [-0.2, 0) is 16.6 Å². The van der Waals surface area contributed by atoms with Gasteiger partial charge in [0.15, 0.2) is 0 Å². The van der Waals surface area contributed by atoms with E-state index in [2.05, 4.69) is 0 Å². The Morgan fingerprint density at radius 1 is 1.25 bits per heavy atom. The molecule has 0 bridgehead atoms. The van der Waals surface area contributed by atoms with E-state index in [4.69, 9.17) is 5.73 Å². The first-order valence-corrected chi connectivity index (χ1v) is 6.96. The predicted molar refractivity (Wildman–Crippen MR) is 74.0 cm³/mol. The summed E-state index contributed by atoms with van der Waals surface area (Å²) in [6.45, 7) is 0. The summed E-state index contributed by atoms with van der Waals surface area (Å²) in [4.78, 5) is 10.4. The lowest BCUT2D eigenvalue weighted by Gasteiger charge is -2.06. The monoisotopic (exact) mass is 294 g/mol. The van der Waals surface area contributed by atoms with E-state index < -0.39 is 21.5 Å². The van der Waals surface area contributed by atoms with Crippen LogP contribution in [0.1, 0.15) is 5.56 Å². The highest BCUT2D eigenvalue weighted by Crippen LogP contribution is 2.25. The van der Waals surface area contributed by atoms with Crippen molar-refractivity contribution in [3.63, 3.8) is 0 Å². The van der Waals surface area contributed by atoms with E-state index in [1.54, 1.807) is 6.07 Å². The van der Waals surface area contributed by atoms with Crippen LogP contribution in [0.4, 0.5) is 15.8 Å². The predicted octanol–water partition coefficient (Wildman–Crippen LogP) is 2.62. The van der Waals surface area contributed by atoms with E-state index >= 15 is 0 Å². The summed E-state index contributed by atoms with van der Waals surface area (Å²) in [5.41, 5.74) is 6.10. The zero-order chi connectivity index (χ0) is 14.7. The maximum atomic E-state index is 12.9. The molecule has 7 heteroatoms. The molecule has 20 heavy (non-hydrogen) atoms. The SMILES string of the molecule is Nc1cc(F)ccc1CS(=O)c1ccccc1[N+](=O)[O-]. The quantitative estimate of drug-likeness (QED) is 0.533. The number of nitro groups is 1. The van der Waals surface area contributed by atoms with Gasteiger partial charge in [-0.25, -0.2) is 4.39 Å². The first-order chi connectivity index (χ1) is 9.49. The molecule has 0 aromatic heterocycles. The molecule has 1 unspecified atom stereocenters. The maximum Gasteiger partial charge on any atom is 0.285 e. The molecule has 0 amide bonds. The number of para-hydroxylation sites is 1. The van der Waals surface area contributed by atoms with Crippen molar-refractivity contribution < 1.29 is 13.5 Å². The zero-order valence-corrected chi connectivity index (χ0v) is 11.1. The van der Waals surface area contributed by atoms with Gasteiger partial charge in [0, 0.05) is 11.8 Å². The molecule has 104 valence electrons. The van der Waals surface area contributed by atoms with Crippen LogP contribution in [0.5, 0.6) is 0 Å². The van der Waals surface area contributed by atoms with Crippen molar-refractivity contribution in [2.45, 2.75) is 10.6 Å². The van der Waals surface area contributed by atoms with Gasteiger partial charge in [0.05, 0.1) is 21.5 Å². The number of hydrogen-bond acceptors (Lipinski definition) is 4. The average Bonchev–Trinajstić information content (AvgIpc) is 2.41. The molecule has 0 saturated carbocycles. The van der Waals surface area contributed by atoms with Crippen molar-refractivity contribution in [3.8, 4) is 0 Å². The molecule has 2 rings (SSSR count). The molecule has 0 aliphatic heterocycles. The van der Waals surface area contributed by atoms with E-state index in [9.17, 15) is 18.7 Å². The number of benzene rings is 2. The van der Waals surface area contributed by atoms with Crippen LogP contribution >= 0.6 is 0 Å². The largest absolute Gasteiger partial charge is 0.398 e. The van der Waals surface area contributed by atoms with Crippen LogP contribution in [0.3, 0.4) is 0 Å². The molecule has 2 N–H and O–H groups in total. The van der Waals surface area contributed by atoms with Crippen molar-refractivity contribution in [1.29, 1.82) is 0 Å². The van der Waals surface area contributed by atoms with Crippen molar-refractivity contribution in [3.05, 3.63) is 64.0 Å². The zero-order valence-electron chi connectivity index (χ0n) is 10.3. The molecular formula is C13H11FN2O3S. The summed E-state index contributed by atoms with van der Waals surface area (Å²) in [6, 6.07) is 9.58. The molecule has 0 aliphatic carbocycles. The molecule has 0 fully saturated rings. The summed E-state index contributed by atoms with van der Waals surface area (Å²) < 4.78 is 25.2. The first-order valence-electron chi connectivity index (χ1n) is 5.64. The minimum Gasteiger partial charge on any atom is -0.398 e. The van der Waals surface area contributed by atoms with Gasteiger partial charge in [-0.1, -0.05) is 18.2 Å². The van der Waals surface area contributed by atoms with Crippen LogP contribution in [0, 0.1) is 15.9 Å². The van der Waals surface area contributed by atoms with Gasteiger partial charge in [-0.2, -0.15) is 0 Å². The summed E-state index contributed by atoms with van der Waals surface area (Å²) in [5, 5.41) is 10.9. The summed E-state index contributed by atoms with van der Waals surface area (Å²) >= 11 is 0. The van der Waals surface area contributed by atoms with Gasteiger partial charge in [0.1, 0.15) is 10.7 Å². The fraction of sp³-hybridized carbons (Fsp3) is 0.0769. The Morgan fingerprint density at radius 2 is 1.95 bits per heavy atom. The number of halogens is 1. The van der Waals surface area contributed by atoms with Gasteiger partial charge in [0.25, 0.3) is 5.69 Å². The summed E-state index contributed by atoms with van der Waals surface area (Å²) in [6.07, 6.45) is 0. The van der Waals surface area contributed by atoms with Gasteiger partial charge in [-0.05, 0) is 23.8 Å². The minimum absolute atomic E-state index is 0.00301. The van der Waals surface area contributed by atoms with Gasteiger partial charge in [0.2, 0.25) is 0 Å². The third-order valence-corrected chi connectivity index (χ3v) is 4.11. The number of nitrogen functional groups attached to an aromatic ring is 1. The normalized spacial score (nSPS) is 12.1.